The molecule has 1 unspecified atom stereocenters. The summed E-state index contributed by atoms with van der Waals surface area (Å²) in [4.78, 5) is 13.5. The third-order valence-electron chi connectivity index (χ3n) is 8.69. The average Bonchev–Trinajstić information content (AvgIpc) is 3.15. The molecule has 0 spiro atoms. The Hall–Kier alpha value is -4.26. The SMILES string of the molecule is CC(C)(CCOC(C)(C)CCNC(=O)c1cc(OCCCS(=O)(=O)O)c(OCCCS(=O)(=O)O)c(OCCCS(=O)(=O)O)c1)NC(O)c1ccc(N=Nc2ccccc2)cc1. The number of amides is 1. The molecule has 0 fully saturated rings. The summed E-state index contributed by atoms with van der Waals surface area (Å²) in [6.45, 7) is 7.21. The summed E-state index contributed by atoms with van der Waals surface area (Å²) in [6.07, 6.45) is -0.568. The molecule has 0 saturated heterocycles. The first-order chi connectivity index (χ1) is 28.4. The number of hydrogen-bond donors (Lipinski definition) is 6. The topological polar surface area (TPSA) is 286 Å². The Kier molecular flexibility index (Phi) is 19.5. The summed E-state index contributed by atoms with van der Waals surface area (Å²) in [5.74, 6) is -2.87. The number of aliphatic hydroxyl groups is 1. The Morgan fingerprint density at radius 1 is 0.672 bits per heavy atom. The number of ether oxygens (including phenoxy) is 4. The quantitative estimate of drug-likeness (QED) is 0.0229. The molecule has 3 aromatic rings. The van der Waals surface area contributed by atoms with Crippen LogP contribution < -0.4 is 24.8 Å². The van der Waals surface area contributed by atoms with Crippen LogP contribution in [0.5, 0.6) is 17.2 Å². The van der Waals surface area contributed by atoms with Gasteiger partial charge in [0.2, 0.25) is 5.75 Å². The van der Waals surface area contributed by atoms with Gasteiger partial charge in [-0.2, -0.15) is 35.5 Å². The molecule has 3 rings (SSSR count). The van der Waals surface area contributed by atoms with Crippen LogP contribution in [0.4, 0.5) is 11.4 Å². The van der Waals surface area contributed by atoms with Crippen molar-refractivity contribution in [3.63, 3.8) is 0 Å². The standard InChI is InChI=1S/C39H56N4O15S3/c1-38(2,41-37(45)29-13-15-32(16-14-29)43-42-31-11-6-5-7-12-31)18-23-58-39(3,4)17-19-40-36(44)30-27-33(55-20-8-24-59(46,47)48)35(57-22-10-26-61(52,53)54)34(28-30)56-21-9-25-60(49,50)51/h5-7,11-16,27-28,37,41,45H,8-10,17-26H2,1-4H3,(H,40,44)(H,46,47,48)(H,49,50,51)(H,52,53,54). The van der Waals surface area contributed by atoms with E-state index in [1.807, 2.05) is 58.0 Å². The maximum atomic E-state index is 13.5. The van der Waals surface area contributed by atoms with Crippen molar-refractivity contribution in [1.29, 1.82) is 0 Å². The number of nitrogens with one attached hydrogen (secondary N) is 2. The van der Waals surface area contributed by atoms with E-state index in [2.05, 4.69) is 20.9 Å². The van der Waals surface area contributed by atoms with Gasteiger partial charge in [-0.25, -0.2) is 0 Å². The third-order valence-corrected chi connectivity index (χ3v) is 11.1. The van der Waals surface area contributed by atoms with E-state index in [0.29, 0.717) is 30.7 Å². The molecule has 0 aliphatic heterocycles. The Labute approximate surface area is 357 Å². The maximum absolute atomic E-state index is 13.5. The molecule has 340 valence electrons. The highest BCUT2D eigenvalue weighted by Gasteiger charge is 2.26. The van der Waals surface area contributed by atoms with Crippen molar-refractivity contribution in [2.24, 2.45) is 10.2 Å². The van der Waals surface area contributed by atoms with E-state index < -0.39 is 70.9 Å². The lowest BCUT2D eigenvalue weighted by Crippen LogP contribution is -2.43. The van der Waals surface area contributed by atoms with E-state index in [9.17, 15) is 35.2 Å². The second kappa shape index (κ2) is 23.3. The number of hydrogen-bond acceptors (Lipinski definition) is 15. The van der Waals surface area contributed by atoms with Crippen LogP contribution in [-0.2, 0) is 35.1 Å². The van der Waals surface area contributed by atoms with Crippen molar-refractivity contribution in [2.45, 2.75) is 77.2 Å². The molecule has 61 heavy (non-hydrogen) atoms. The third kappa shape index (κ3) is 21.4. The summed E-state index contributed by atoms with van der Waals surface area (Å²) in [6, 6.07) is 19.0. The first-order valence-corrected chi connectivity index (χ1v) is 24.1. The number of aliphatic hydroxyl groups excluding tert-OH is 1. The minimum Gasteiger partial charge on any atom is -0.489 e. The number of rotatable bonds is 28. The van der Waals surface area contributed by atoms with Gasteiger partial charge in [0.15, 0.2) is 11.5 Å². The molecule has 0 saturated carbocycles. The Balaban J connectivity index is 1.62. The fourth-order valence-corrected chi connectivity index (χ4v) is 6.87. The van der Waals surface area contributed by atoms with Crippen molar-refractivity contribution in [3.8, 4) is 17.2 Å². The molecule has 3 aromatic carbocycles. The number of carbonyl (C=O) groups is 1. The Morgan fingerprint density at radius 2 is 1.15 bits per heavy atom. The van der Waals surface area contributed by atoms with E-state index in [1.54, 1.807) is 24.3 Å². The first kappa shape index (κ1) is 51.1. The Bertz CT molecular complexity index is 2160. The molecule has 1 amide bonds. The fourth-order valence-electron chi connectivity index (χ4n) is 5.42. The molecule has 0 aliphatic rings. The molecule has 0 aromatic heterocycles. The normalized spacial score (nSPS) is 13.2. The zero-order valence-corrected chi connectivity index (χ0v) is 37.0. The van der Waals surface area contributed by atoms with E-state index in [4.69, 9.17) is 32.6 Å². The van der Waals surface area contributed by atoms with Crippen molar-refractivity contribution in [3.05, 3.63) is 77.9 Å². The van der Waals surface area contributed by atoms with Gasteiger partial charge in [-0.05, 0) is 102 Å². The highest BCUT2D eigenvalue weighted by Crippen LogP contribution is 2.39. The lowest BCUT2D eigenvalue weighted by atomic mass is 9.99. The predicted octanol–water partition coefficient (Wildman–Crippen LogP) is 5.44. The van der Waals surface area contributed by atoms with Crippen LogP contribution in [0.1, 0.15) is 81.9 Å². The molecular weight excluding hydrogens is 861 g/mol. The van der Waals surface area contributed by atoms with Gasteiger partial charge < -0.3 is 29.4 Å². The van der Waals surface area contributed by atoms with Crippen LogP contribution in [0.2, 0.25) is 0 Å². The van der Waals surface area contributed by atoms with Crippen LogP contribution in [0.3, 0.4) is 0 Å². The van der Waals surface area contributed by atoms with Gasteiger partial charge in [-0.15, -0.1) is 0 Å². The predicted molar refractivity (Wildman–Crippen MR) is 227 cm³/mol. The molecule has 6 N–H and O–H groups in total. The van der Waals surface area contributed by atoms with E-state index in [1.165, 1.54) is 12.1 Å². The minimum atomic E-state index is -4.32. The van der Waals surface area contributed by atoms with Gasteiger partial charge in [0.05, 0.1) is 54.1 Å². The number of nitrogens with zero attached hydrogens (tertiary/aromatic N) is 2. The van der Waals surface area contributed by atoms with Crippen LogP contribution in [0, 0.1) is 0 Å². The van der Waals surface area contributed by atoms with Gasteiger partial charge in [0.25, 0.3) is 36.3 Å². The summed E-state index contributed by atoms with van der Waals surface area (Å²) in [7, 11) is -12.9. The zero-order chi connectivity index (χ0) is 45.3. The van der Waals surface area contributed by atoms with Crippen molar-refractivity contribution >= 4 is 47.6 Å². The monoisotopic (exact) mass is 916 g/mol. The van der Waals surface area contributed by atoms with Gasteiger partial charge in [-0.1, -0.05) is 30.3 Å². The number of benzene rings is 3. The molecule has 0 bridgehead atoms. The molecular formula is C39H56N4O15S3. The molecule has 22 heteroatoms. The average molecular weight is 917 g/mol. The molecule has 1 atom stereocenters. The molecule has 0 radical (unpaired) electrons. The van der Waals surface area contributed by atoms with E-state index in [0.717, 1.165) is 5.69 Å². The van der Waals surface area contributed by atoms with Gasteiger partial charge in [-0.3, -0.25) is 23.8 Å². The van der Waals surface area contributed by atoms with Crippen LogP contribution >= 0.6 is 0 Å². The highest BCUT2D eigenvalue weighted by molar-refractivity contribution is 7.86. The summed E-state index contributed by atoms with van der Waals surface area (Å²) >= 11 is 0. The van der Waals surface area contributed by atoms with Crippen molar-refractivity contribution in [1.82, 2.24) is 10.6 Å². The van der Waals surface area contributed by atoms with Crippen LogP contribution in [0.25, 0.3) is 0 Å². The smallest absolute Gasteiger partial charge is 0.264 e. The van der Waals surface area contributed by atoms with Crippen molar-refractivity contribution < 1.29 is 67.8 Å². The minimum absolute atomic E-state index is 0.00355. The molecule has 0 heterocycles. The van der Waals surface area contributed by atoms with Crippen LogP contribution in [-0.4, -0.2) is 111 Å². The second-order valence-corrected chi connectivity index (χ2v) is 19.9. The lowest BCUT2D eigenvalue weighted by molar-refractivity contribution is -0.0334. The fraction of sp³-hybridized carbons (Fsp3) is 0.513. The summed E-state index contributed by atoms with van der Waals surface area (Å²) < 4.78 is 118. The molecule has 0 aliphatic carbocycles. The largest absolute Gasteiger partial charge is 0.489 e. The number of carbonyl (C=O) groups excluding carboxylic acids is 1. The van der Waals surface area contributed by atoms with Crippen LogP contribution in [0.15, 0.2) is 77.0 Å². The number of azo groups is 1. The first-order valence-electron chi connectivity index (χ1n) is 19.3. The lowest BCUT2D eigenvalue weighted by Gasteiger charge is -2.32. The van der Waals surface area contributed by atoms with E-state index in [-0.39, 0.29) is 68.4 Å². The van der Waals surface area contributed by atoms with Gasteiger partial charge in [0, 0.05) is 24.3 Å². The second-order valence-electron chi connectivity index (χ2n) is 15.2. The van der Waals surface area contributed by atoms with Gasteiger partial charge >= 0.3 is 0 Å². The summed E-state index contributed by atoms with van der Waals surface area (Å²) in [5.41, 5.74) is 0.764. The Morgan fingerprint density at radius 3 is 1.64 bits per heavy atom. The van der Waals surface area contributed by atoms with Crippen molar-refractivity contribution in [2.75, 3.05) is 50.2 Å². The molecule has 19 nitrogen and oxygen atoms in total. The summed E-state index contributed by atoms with van der Waals surface area (Å²) in [5, 5.41) is 25.4. The van der Waals surface area contributed by atoms with E-state index >= 15 is 0 Å². The zero-order valence-electron chi connectivity index (χ0n) is 34.5. The van der Waals surface area contributed by atoms with Gasteiger partial charge in [0.1, 0.15) is 6.23 Å². The maximum Gasteiger partial charge on any atom is 0.264 e. The highest BCUT2D eigenvalue weighted by atomic mass is 32.2.